The van der Waals surface area contributed by atoms with E-state index >= 15 is 0 Å². The molecule has 1 atom stereocenters. The summed E-state index contributed by atoms with van der Waals surface area (Å²) < 4.78 is 11.5. The molecular weight excluding hydrogens is 404 g/mol. The van der Waals surface area contributed by atoms with Gasteiger partial charge in [0.2, 0.25) is 0 Å². The molecule has 2 aromatic rings. The highest BCUT2D eigenvalue weighted by atomic mass is 32.2. The monoisotopic (exact) mass is 444 g/mol. The van der Waals surface area contributed by atoms with E-state index in [1.807, 2.05) is 24.3 Å². The Labute approximate surface area is 193 Å². The topological polar surface area (TPSA) is 44.2 Å². The van der Waals surface area contributed by atoms with Gasteiger partial charge in [-0.3, -0.25) is 0 Å². The number of hydrogen-bond acceptors (Lipinski definition) is 5. The fourth-order valence-electron chi connectivity index (χ4n) is 3.14. The normalized spacial score (nSPS) is 12.0. The second-order valence-electron chi connectivity index (χ2n) is 8.32. The molecule has 0 saturated carbocycles. The third kappa shape index (κ3) is 10.9. The summed E-state index contributed by atoms with van der Waals surface area (Å²) in [5, 5.41) is 0. The van der Waals surface area contributed by atoms with Gasteiger partial charge < -0.3 is 8.92 Å². The first-order valence-electron chi connectivity index (χ1n) is 12.1. The Bertz CT molecular complexity index is 692. The number of ether oxygens (including phenoxy) is 1. The molecular formula is C26H40N2O2S. The van der Waals surface area contributed by atoms with Crippen LogP contribution in [0.3, 0.4) is 0 Å². The molecule has 0 radical (unpaired) electrons. The molecule has 0 aliphatic carbocycles. The van der Waals surface area contributed by atoms with Crippen LogP contribution in [-0.4, -0.2) is 22.3 Å². The third-order valence-corrected chi connectivity index (χ3v) is 6.48. The van der Waals surface area contributed by atoms with Crippen LogP contribution in [-0.2, 0) is 0 Å². The largest absolute Gasteiger partial charge is 0.490 e. The van der Waals surface area contributed by atoms with Crippen molar-refractivity contribution < 1.29 is 8.92 Å². The maximum atomic E-state index is 5.80. The van der Waals surface area contributed by atoms with E-state index in [4.69, 9.17) is 8.92 Å². The van der Waals surface area contributed by atoms with Crippen LogP contribution < -0.4 is 8.92 Å². The van der Waals surface area contributed by atoms with Gasteiger partial charge in [-0.15, -0.1) is 0 Å². The molecule has 0 N–H and O–H groups in total. The lowest BCUT2D eigenvalue weighted by Crippen LogP contribution is -1.99. The van der Waals surface area contributed by atoms with Gasteiger partial charge in [0, 0.05) is 11.3 Å². The SMILES string of the molecule is CCCCCCCCCCCOc1cnc(-c2ccc(OSC[C@@H](C)CC)cc2)nc1. The standard InChI is InChI=1S/C26H40N2O2S/c1-4-6-7-8-9-10-11-12-13-18-29-25-19-27-26(28-20-25)23-14-16-24(17-15-23)30-31-21-22(3)5-2/h14-17,19-20,22H,4-13,18,21H2,1-3H3/t22-/m0/s1. The minimum Gasteiger partial charge on any atom is -0.490 e. The van der Waals surface area contributed by atoms with Crippen molar-refractivity contribution in [1.29, 1.82) is 0 Å². The summed E-state index contributed by atoms with van der Waals surface area (Å²) in [4.78, 5) is 8.91. The summed E-state index contributed by atoms with van der Waals surface area (Å²) in [6, 6.07) is 7.93. The molecule has 0 aliphatic rings. The second kappa shape index (κ2) is 16.0. The Morgan fingerprint density at radius 2 is 1.42 bits per heavy atom. The van der Waals surface area contributed by atoms with Crippen LogP contribution in [0.25, 0.3) is 11.4 Å². The number of unbranched alkanes of at least 4 members (excludes halogenated alkanes) is 8. The summed E-state index contributed by atoms with van der Waals surface area (Å²) in [5.41, 5.74) is 0.977. The van der Waals surface area contributed by atoms with Gasteiger partial charge >= 0.3 is 0 Å². The van der Waals surface area contributed by atoms with E-state index in [0.717, 1.165) is 35.8 Å². The van der Waals surface area contributed by atoms with Gasteiger partial charge in [-0.1, -0.05) is 78.6 Å². The first kappa shape index (κ1) is 25.5. The molecule has 31 heavy (non-hydrogen) atoms. The van der Waals surface area contributed by atoms with Gasteiger partial charge in [0.1, 0.15) is 5.75 Å². The van der Waals surface area contributed by atoms with Crippen molar-refractivity contribution in [3.05, 3.63) is 36.7 Å². The molecule has 0 amide bonds. The van der Waals surface area contributed by atoms with Gasteiger partial charge in [-0.05, 0) is 36.6 Å². The molecule has 5 heteroatoms. The van der Waals surface area contributed by atoms with Gasteiger partial charge in [0.25, 0.3) is 0 Å². The molecule has 0 bridgehead atoms. The first-order chi connectivity index (χ1) is 15.2. The molecule has 172 valence electrons. The zero-order valence-electron chi connectivity index (χ0n) is 19.6. The van der Waals surface area contributed by atoms with Crippen LogP contribution >= 0.6 is 12.0 Å². The highest BCUT2D eigenvalue weighted by molar-refractivity contribution is 7.95. The van der Waals surface area contributed by atoms with Crippen LogP contribution in [0.15, 0.2) is 36.7 Å². The van der Waals surface area contributed by atoms with Crippen molar-refractivity contribution in [2.45, 2.75) is 85.0 Å². The minimum absolute atomic E-state index is 0.665. The van der Waals surface area contributed by atoms with Crippen LogP contribution in [0.4, 0.5) is 0 Å². The summed E-state index contributed by atoms with van der Waals surface area (Å²) in [6.45, 7) is 7.44. The average molecular weight is 445 g/mol. The zero-order chi connectivity index (χ0) is 22.2. The molecule has 1 heterocycles. The Morgan fingerprint density at radius 3 is 2.03 bits per heavy atom. The highest BCUT2D eigenvalue weighted by Gasteiger charge is 2.05. The van der Waals surface area contributed by atoms with Crippen LogP contribution in [0.5, 0.6) is 11.5 Å². The molecule has 0 fully saturated rings. The van der Waals surface area contributed by atoms with E-state index in [1.54, 1.807) is 12.4 Å². The number of rotatable bonds is 17. The third-order valence-electron chi connectivity index (χ3n) is 5.46. The van der Waals surface area contributed by atoms with Crippen LogP contribution in [0.1, 0.15) is 85.0 Å². The molecule has 2 rings (SSSR count). The fourth-order valence-corrected chi connectivity index (χ4v) is 3.92. The maximum Gasteiger partial charge on any atom is 0.159 e. The smallest absolute Gasteiger partial charge is 0.159 e. The number of nitrogens with zero attached hydrogens (tertiary/aromatic N) is 2. The summed E-state index contributed by atoms with van der Waals surface area (Å²) in [7, 11) is 0. The Kier molecular flexibility index (Phi) is 13.1. The quantitative estimate of drug-likeness (QED) is 0.182. The van der Waals surface area contributed by atoms with Crippen molar-refractivity contribution in [1.82, 2.24) is 9.97 Å². The van der Waals surface area contributed by atoms with E-state index in [-0.39, 0.29) is 0 Å². The van der Waals surface area contributed by atoms with Crippen molar-refractivity contribution in [2.24, 2.45) is 5.92 Å². The van der Waals surface area contributed by atoms with E-state index in [0.29, 0.717) is 11.7 Å². The van der Waals surface area contributed by atoms with Gasteiger partial charge in [0.05, 0.1) is 31.0 Å². The fraction of sp³-hybridized carbons (Fsp3) is 0.615. The maximum absolute atomic E-state index is 5.80. The van der Waals surface area contributed by atoms with Gasteiger partial charge in [0.15, 0.2) is 11.6 Å². The van der Waals surface area contributed by atoms with Gasteiger partial charge in [-0.25, -0.2) is 9.97 Å². The van der Waals surface area contributed by atoms with Gasteiger partial charge in [-0.2, -0.15) is 0 Å². The summed E-state index contributed by atoms with van der Waals surface area (Å²) in [6.07, 6.45) is 16.5. The molecule has 0 unspecified atom stereocenters. The lowest BCUT2D eigenvalue weighted by atomic mass is 10.1. The summed E-state index contributed by atoms with van der Waals surface area (Å²) in [5.74, 6) is 3.97. The molecule has 0 spiro atoms. The van der Waals surface area contributed by atoms with Crippen molar-refractivity contribution >= 4 is 12.0 Å². The predicted octanol–water partition coefficient (Wildman–Crippen LogP) is 8.13. The van der Waals surface area contributed by atoms with Crippen molar-refractivity contribution in [3.8, 4) is 22.9 Å². The van der Waals surface area contributed by atoms with Crippen molar-refractivity contribution in [3.63, 3.8) is 0 Å². The Hall–Kier alpha value is -1.75. The van der Waals surface area contributed by atoms with E-state index < -0.39 is 0 Å². The summed E-state index contributed by atoms with van der Waals surface area (Å²) >= 11 is 1.51. The van der Waals surface area contributed by atoms with E-state index in [9.17, 15) is 0 Å². The Morgan fingerprint density at radius 1 is 0.806 bits per heavy atom. The van der Waals surface area contributed by atoms with E-state index in [1.165, 1.54) is 69.8 Å². The molecule has 1 aromatic heterocycles. The lowest BCUT2D eigenvalue weighted by Gasteiger charge is -2.09. The predicted molar refractivity (Wildman–Crippen MR) is 133 cm³/mol. The minimum atomic E-state index is 0.665. The molecule has 1 aromatic carbocycles. The molecule has 4 nitrogen and oxygen atoms in total. The lowest BCUT2D eigenvalue weighted by molar-refractivity contribution is 0.302. The number of benzene rings is 1. The average Bonchev–Trinajstić information content (AvgIpc) is 2.81. The highest BCUT2D eigenvalue weighted by Crippen LogP contribution is 2.23. The number of aromatic nitrogens is 2. The van der Waals surface area contributed by atoms with E-state index in [2.05, 4.69) is 30.7 Å². The number of hydrogen-bond donors (Lipinski definition) is 0. The van der Waals surface area contributed by atoms with Crippen LogP contribution in [0.2, 0.25) is 0 Å². The second-order valence-corrected chi connectivity index (χ2v) is 9.06. The van der Waals surface area contributed by atoms with Crippen LogP contribution in [0, 0.1) is 5.92 Å². The Balaban J connectivity index is 1.63. The molecule has 0 saturated heterocycles. The first-order valence-corrected chi connectivity index (χ1v) is 13.0. The van der Waals surface area contributed by atoms with Crippen molar-refractivity contribution in [2.75, 3.05) is 12.4 Å². The molecule has 0 aliphatic heterocycles. The zero-order valence-corrected chi connectivity index (χ0v) is 20.5.